The molecule has 62 heavy (non-hydrogen) atoms. The molecular weight excluding hydrogens is 755 g/mol. The van der Waals surface area contributed by atoms with Crippen LogP contribution in [-0.2, 0) is 0 Å². The maximum Gasteiger partial charge on any atom is 0.137 e. The van der Waals surface area contributed by atoms with E-state index in [1.165, 1.54) is 48.9 Å². The minimum atomic E-state index is 0.862. The molecule has 13 aromatic rings. The predicted molar refractivity (Wildman–Crippen MR) is 260 cm³/mol. The molecule has 3 aromatic heterocycles. The number of furan rings is 1. The van der Waals surface area contributed by atoms with Gasteiger partial charge in [0.2, 0.25) is 0 Å². The molecule has 0 amide bonds. The molecule has 0 aliphatic heterocycles. The Bertz CT molecular complexity index is 3850. The minimum absolute atomic E-state index is 0.862. The Morgan fingerprint density at radius 2 is 0.855 bits per heavy atom. The summed E-state index contributed by atoms with van der Waals surface area (Å²) >= 11 is 0. The normalized spacial score (nSPS) is 11.9. The van der Waals surface area contributed by atoms with Crippen LogP contribution >= 0.6 is 0 Å². The van der Waals surface area contributed by atoms with Gasteiger partial charge in [-0.05, 0) is 113 Å². The summed E-state index contributed by atoms with van der Waals surface area (Å²) in [5.41, 5.74) is 14.3. The van der Waals surface area contributed by atoms with Crippen LogP contribution in [0.3, 0.4) is 0 Å². The van der Waals surface area contributed by atoms with Gasteiger partial charge in [0.05, 0.1) is 38.8 Å². The Kier molecular flexibility index (Phi) is 7.57. The molecule has 13 rings (SSSR count). The molecule has 0 bridgehead atoms. The highest BCUT2D eigenvalue weighted by atomic mass is 16.3. The van der Waals surface area contributed by atoms with Gasteiger partial charge in [-0.15, -0.1) is 0 Å². The number of hydrogen-bond donors (Lipinski definition) is 0. The number of para-hydroxylation sites is 4. The smallest absolute Gasteiger partial charge is 0.137 e. The monoisotopic (exact) mass is 791 g/mol. The lowest BCUT2D eigenvalue weighted by atomic mass is 10.0. The molecule has 0 atom stereocenters. The van der Waals surface area contributed by atoms with Gasteiger partial charge < -0.3 is 18.5 Å². The summed E-state index contributed by atoms with van der Waals surface area (Å²) < 4.78 is 11.3. The van der Waals surface area contributed by atoms with Gasteiger partial charge in [0.25, 0.3) is 0 Å². The van der Waals surface area contributed by atoms with Crippen LogP contribution in [0.15, 0.2) is 229 Å². The van der Waals surface area contributed by atoms with E-state index in [4.69, 9.17) is 4.42 Å². The minimum Gasteiger partial charge on any atom is -0.456 e. The molecular formula is C58H37N3O. The SMILES string of the molecule is c1ccc(-n2c3ccccc3c3c(N(c4ccc(-c5ccc(-n6c7ccccc7c7cc8ccccc8cc76)cc5)cc4)c4cccc5oc6ccccc6c45)cccc32)cc1. The second kappa shape index (κ2) is 13.6. The summed E-state index contributed by atoms with van der Waals surface area (Å²) in [4.78, 5) is 2.42. The van der Waals surface area contributed by atoms with E-state index in [-0.39, 0.29) is 0 Å². The van der Waals surface area contributed by atoms with Crippen LogP contribution in [-0.4, -0.2) is 9.13 Å². The predicted octanol–water partition coefficient (Wildman–Crippen LogP) is 16.1. The lowest BCUT2D eigenvalue weighted by Gasteiger charge is -2.27. The van der Waals surface area contributed by atoms with Crippen LogP contribution in [0.2, 0.25) is 0 Å². The number of fused-ring (bicyclic) bond motifs is 10. The molecule has 0 saturated carbocycles. The maximum atomic E-state index is 6.48. The van der Waals surface area contributed by atoms with E-state index in [2.05, 4.69) is 232 Å². The molecule has 0 saturated heterocycles. The highest BCUT2D eigenvalue weighted by Gasteiger charge is 2.24. The van der Waals surface area contributed by atoms with Crippen LogP contribution in [0.1, 0.15) is 0 Å². The van der Waals surface area contributed by atoms with Crippen molar-refractivity contribution in [2.75, 3.05) is 4.90 Å². The first-order valence-corrected chi connectivity index (χ1v) is 21.2. The Morgan fingerprint density at radius 1 is 0.323 bits per heavy atom. The molecule has 4 nitrogen and oxygen atoms in total. The Morgan fingerprint density at radius 3 is 1.63 bits per heavy atom. The molecule has 290 valence electrons. The maximum absolute atomic E-state index is 6.48. The van der Waals surface area contributed by atoms with E-state index >= 15 is 0 Å². The van der Waals surface area contributed by atoms with Crippen molar-refractivity contribution >= 4 is 93.4 Å². The van der Waals surface area contributed by atoms with E-state index < -0.39 is 0 Å². The summed E-state index contributed by atoms with van der Waals surface area (Å²) in [6, 6.07) is 80.9. The van der Waals surface area contributed by atoms with Gasteiger partial charge >= 0.3 is 0 Å². The molecule has 0 spiro atoms. The first kappa shape index (κ1) is 34.5. The van der Waals surface area contributed by atoms with E-state index in [1.54, 1.807) is 0 Å². The van der Waals surface area contributed by atoms with Crippen LogP contribution < -0.4 is 4.90 Å². The van der Waals surface area contributed by atoms with Gasteiger partial charge in [0.1, 0.15) is 11.2 Å². The zero-order valence-corrected chi connectivity index (χ0v) is 33.6. The average Bonchev–Trinajstić information content (AvgIpc) is 4.00. The number of anilines is 3. The summed E-state index contributed by atoms with van der Waals surface area (Å²) in [7, 11) is 0. The third-order valence-corrected chi connectivity index (χ3v) is 12.7. The summed E-state index contributed by atoms with van der Waals surface area (Å²) in [5.74, 6) is 0. The third kappa shape index (κ3) is 5.20. The molecule has 0 radical (unpaired) electrons. The molecule has 0 N–H and O–H groups in total. The Balaban J connectivity index is 0.969. The van der Waals surface area contributed by atoms with Crippen LogP contribution in [0.4, 0.5) is 17.1 Å². The molecule has 0 fully saturated rings. The fraction of sp³-hybridized carbons (Fsp3) is 0. The zero-order chi connectivity index (χ0) is 40.7. The van der Waals surface area contributed by atoms with Gasteiger partial charge in [-0.3, -0.25) is 0 Å². The first-order chi connectivity index (χ1) is 30.8. The first-order valence-electron chi connectivity index (χ1n) is 21.2. The quantitative estimate of drug-likeness (QED) is 0.168. The van der Waals surface area contributed by atoms with Crippen molar-refractivity contribution in [3.8, 4) is 22.5 Å². The molecule has 0 aliphatic rings. The molecule has 0 aliphatic carbocycles. The number of hydrogen-bond acceptors (Lipinski definition) is 2. The van der Waals surface area contributed by atoms with Gasteiger partial charge in [-0.1, -0.05) is 133 Å². The van der Waals surface area contributed by atoms with Crippen molar-refractivity contribution < 1.29 is 4.42 Å². The number of rotatable bonds is 6. The molecule has 3 heterocycles. The fourth-order valence-electron chi connectivity index (χ4n) is 9.93. The highest BCUT2D eigenvalue weighted by molar-refractivity contribution is 6.19. The van der Waals surface area contributed by atoms with E-state index in [9.17, 15) is 0 Å². The Labute approximate surface area is 357 Å². The van der Waals surface area contributed by atoms with Crippen molar-refractivity contribution in [3.63, 3.8) is 0 Å². The summed E-state index contributed by atoms with van der Waals surface area (Å²) in [5, 5.41) is 9.59. The van der Waals surface area contributed by atoms with Crippen molar-refractivity contribution in [1.82, 2.24) is 9.13 Å². The lowest BCUT2D eigenvalue weighted by molar-refractivity contribution is 0.669. The lowest BCUT2D eigenvalue weighted by Crippen LogP contribution is -2.11. The van der Waals surface area contributed by atoms with Crippen LogP contribution in [0.25, 0.3) is 98.8 Å². The fourth-order valence-corrected chi connectivity index (χ4v) is 9.93. The van der Waals surface area contributed by atoms with Crippen molar-refractivity contribution in [2.45, 2.75) is 0 Å². The summed E-state index contributed by atoms with van der Waals surface area (Å²) in [6.45, 7) is 0. The van der Waals surface area contributed by atoms with Gasteiger partial charge in [0.15, 0.2) is 0 Å². The Hall–Kier alpha value is -8.34. The zero-order valence-electron chi connectivity index (χ0n) is 33.6. The second-order valence-electron chi connectivity index (χ2n) is 16.1. The van der Waals surface area contributed by atoms with E-state index in [0.717, 1.165) is 67.0 Å². The second-order valence-corrected chi connectivity index (χ2v) is 16.1. The standard InChI is InChI=1S/C58H37N3O/c1-2-16-42(17-3-1)59-50-22-10-7-19-46(50)57-51(59)23-12-24-52(57)61(53-25-13-27-56-58(53)47-20-8-11-26-55(47)62-56)44-34-30-39(31-35-44)38-28-32-43(33-29-38)60-49-21-9-6-18-45(49)48-36-40-14-4-5-15-41(40)37-54(48)60/h1-37H. The van der Waals surface area contributed by atoms with E-state index in [0.29, 0.717) is 0 Å². The van der Waals surface area contributed by atoms with Crippen molar-refractivity contribution in [2.24, 2.45) is 0 Å². The third-order valence-electron chi connectivity index (χ3n) is 12.7. The summed E-state index contributed by atoms with van der Waals surface area (Å²) in [6.07, 6.45) is 0. The van der Waals surface area contributed by atoms with Crippen molar-refractivity contribution in [3.05, 3.63) is 224 Å². The number of aromatic nitrogens is 2. The number of benzene rings is 10. The topological polar surface area (TPSA) is 26.2 Å². The van der Waals surface area contributed by atoms with Gasteiger partial charge in [-0.2, -0.15) is 0 Å². The van der Waals surface area contributed by atoms with Gasteiger partial charge in [0, 0.05) is 44.0 Å². The molecule has 0 unspecified atom stereocenters. The molecule has 4 heteroatoms. The van der Waals surface area contributed by atoms with Gasteiger partial charge in [-0.25, -0.2) is 0 Å². The van der Waals surface area contributed by atoms with E-state index in [1.807, 2.05) is 6.07 Å². The average molecular weight is 792 g/mol. The van der Waals surface area contributed by atoms with Crippen LogP contribution in [0, 0.1) is 0 Å². The molecule has 10 aromatic carbocycles. The highest BCUT2D eigenvalue weighted by Crippen LogP contribution is 2.47. The number of nitrogens with zero attached hydrogens (tertiary/aromatic N) is 3. The van der Waals surface area contributed by atoms with Crippen molar-refractivity contribution in [1.29, 1.82) is 0 Å². The van der Waals surface area contributed by atoms with Crippen LogP contribution in [0.5, 0.6) is 0 Å². The largest absolute Gasteiger partial charge is 0.456 e.